The van der Waals surface area contributed by atoms with Gasteiger partial charge in [-0.05, 0) is 56.1 Å². The summed E-state index contributed by atoms with van der Waals surface area (Å²) < 4.78 is 2.35. The van der Waals surface area contributed by atoms with Crippen LogP contribution < -0.4 is 20.7 Å². The van der Waals surface area contributed by atoms with E-state index in [0.29, 0.717) is 5.69 Å². The molecule has 7 aromatic carbocycles. The molecule has 8 aromatic rings. The van der Waals surface area contributed by atoms with Gasteiger partial charge in [-0.2, -0.15) is 0 Å². The van der Waals surface area contributed by atoms with E-state index >= 15 is 0 Å². The summed E-state index contributed by atoms with van der Waals surface area (Å²) in [6, 6.07) is 65.0. The van der Waals surface area contributed by atoms with Crippen molar-refractivity contribution in [2.75, 3.05) is 0 Å². The van der Waals surface area contributed by atoms with Crippen molar-refractivity contribution in [1.82, 2.24) is 4.57 Å². The smallest absolute Gasteiger partial charge is 0.194 e. The molecule has 0 fully saturated rings. The largest absolute Gasteiger partial charge is 0.309 e. The van der Waals surface area contributed by atoms with Gasteiger partial charge in [0.15, 0.2) is 13.8 Å². The molecule has 0 N–H and O–H groups in total. The summed E-state index contributed by atoms with van der Waals surface area (Å²) in [6.45, 7) is 8.39. The quantitative estimate of drug-likeness (QED) is 0.103. The fraction of sp³-hybridized carbons (Fsp3) is 0. The molecule has 0 aliphatic carbocycles. The Labute approximate surface area is 270 Å². The van der Waals surface area contributed by atoms with E-state index in [1.54, 1.807) is 0 Å². The molecule has 216 valence electrons. The second-order valence-electron chi connectivity index (χ2n) is 11.6. The molecule has 2 nitrogen and oxygen atoms in total. The van der Waals surface area contributed by atoms with Gasteiger partial charge >= 0.3 is 0 Å². The lowest BCUT2D eigenvalue weighted by Crippen LogP contribution is -2.75. The molecule has 3 heteroatoms. The van der Waals surface area contributed by atoms with Crippen LogP contribution in [0.15, 0.2) is 182 Å². The lowest BCUT2D eigenvalue weighted by molar-refractivity contribution is 1.18. The molecule has 46 heavy (non-hydrogen) atoms. The minimum absolute atomic E-state index is 0.663. The van der Waals surface area contributed by atoms with E-state index in [1.165, 1.54) is 42.6 Å². The Morgan fingerprint density at radius 3 is 1.46 bits per heavy atom. The van der Waals surface area contributed by atoms with E-state index in [1.807, 2.05) is 6.07 Å². The first-order valence-electron chi connectivity index (χ1n) is 15.6. The molecule has 8 rings (SSSR count). The van der Waals surface area contributed by atoms with Crippen LogP contribution in [0.4, 0.5) is 5.69 Å². The first kappa shape index (κ1) is 27.6. The Kier molecular flexibility index (Phi) is 6.91. The Hall–Kier alpha value is -5.95. The number of para-hydroxylation sites is 2. The molecule has 0 aliphatic heterocycles. The molecule has 0 bridgehead atoms. The minimum Gasteiger partial charge on any atom is -0.309 e. The van der Waals surface area contributed by atoms with E-state index in [2.05, 4.69) is 185 Å². The van der Waals surface area contributed by atoms with E-state index in [-0.39, 0.29) is 0 Å². The van der Waals surface area contributed by atoms with Crippen LogP contribution in [0.25, 0.3) is 43.5 Å². The maximum atomic E-state index is 8.39. The van der Waals surface area contributed by atoms with Gasteiger partial charge in [0, 0.05) is 16.5 Å². The molecule has 0 atom stereocenters. The van der Waals surface area contributed by atoms with Gasteiger partial charge < -0.3 is 4.57 Å². The Morgan fingerprint density at radius 1 is 0.457 bits per heavy atom. The average molecular weight is 603 g/mol. The third kappa shape index (κ3) is 4.31. The Balaban J connectivity index is 1.47. The molecule has 0 unspecified atom stereocenters. The van der Waals surface area contributed by atoms with Crippen molar-refractivity contribution in [3.8, 4) is 16.8 Å². The van der Waals surface area contributed by atoms with E-state index in [0.717, 1.165) is 16.8 Å². The summed E-state index contributed by atoms with van der Waals surface area (Å²) in [5.41, 5.74) is 6.12. The summed E-state index contributed by atoms with van der Waals surface area (Å²) in [7, 11) is -2.90. The van der Waals surface area contributed by atoms with Crippen molar-refractivity contribution in [3.63, 3.8) is 0 Å². The third-order valence-electron chi connectivity index (χ3n) is 9.16. The molecule has 1 aromatic heterocycles. The zero-order chi connectivity index (χ0) is 30.9. The van der Waals surface area contributed by atoms with Crippen molar-refractivity contribution < 1.29 is 0 Å². The standard InChI is InChI=1S/C43H30N2Si/c1-44-39-27-16-30-42(46(34-19-5-2-6-20-34,35-21-7-3-8-22-35)36-23-9-4-10-24-36)43(39)32-17-15-18-33(31-32)45-40-28-13-11-25-37(40)38-26-12-14-29-41(38)45/h2-31H. The maximum absolute atomic E-state index is 8.39. The number of hydrogen-bond donors (Lipinski definition) is 0. The summed E-state index contributed by atoms with van der Waals surface area (Å²) in [4.78, 5) is 4.16. The van der Waals surface area contributed by atoms with Crippen LogP contribution in [0.2, 0.25) is 0 Å². The molecule has 0 radical (unpaired) electrons. The fourth-order valence-electron chi connectivity index (χ4n) is 7.28. The van der Waals surface area contributed by atoms with Gasteiger partial charge in [-0.15, -0.1) is 0 Å². The lowest BCUT2D eigenvalue weighted by atomic mass is 10.0. The summed E-state index contributed by atoms with van der Waals surface area (Å²) >= 11 is 0. The van der Waals surface area contributed by atoms with Gasteiger partial charge in [0.2, 0.25) is 0 Å². The number of hydrogen-bond acceptors (Lipinski definition) is 0. The summed E-state index contributed by atoms with van der Waals surface area (Å²) in [5.74, 6) is 0. The van der Waals surface area contributed by atoms with Gasteiger partial charge in [-0.1, -0.05) is 158 Å². The van der Waals surface area contributed by atoms with Crippen LogP contribution in [0.3, 0.4) is 0 Å². The van der Waals surface area contributed by atoms with Crippen LogP contribution in [0.5, 0.6) is 0 Å². The molecule has 0 spiro atoms. The molecule has 0 saturated heterocycles. The molecular weight excluding hydrogens is 573 g/mol. The number of nitrogens with zero attached hydrogens (tertiary/aromatic N) is 2. The highest BCUT2D eigenvalue weighted by Crippen LogP contribution is 2.35. The predicted molar refractivity (Wildman–Crippen MR) is 196 cm³/mol. The third-order valence-corrected chi connectivity index (χ3v) is 14.0. The number of aromatic nitrogens is 1. The van der Waals surface area contributed by atoms with Crippen molar-refractivity contribution in [2.24, 2.45) is 0 Å². The monoisotopic (exact) mass is 602 g/mol. The van der Waals surface area contributed by atoms with Gasteiger partial charge in [-0.25, -0.2) is 4.85 Å². The van der Waals surface area contributed by atoms with E-state index in [9.17, 15) is 0 Å². The second kappa shape index (κ2) is 11.5. The van der Waals surface area contributed by atoms with Gasteiger partial charge in [0.05, 0.1) is 17.6 Å². The van der Waals surface area contributed by atoms with Crippen LogP contribution in [-0.4, -0.2) is 12.6 Å². The highest BCUT2D eigenvalue weighted by molar-refractivity contribution is 7.20. The Morgan fingerprint density at radius 2 is 0.935 bits per heavy atom. The van der Waals surface area contributed by atoms with Gasteiger partial charge in [-0.3, -0.25) is 0 Å². The average Bonchev–Trinajstić information content (AvgIpc) is 3.48. The van der Waals surface area contributed by atoms with Crippen molar-refractivity contribution >= 4 is 56.3 Å². The van der Waals surface area contributed by atoms with E-state index in [4.69, 9.17) is 6.57 Å². The van der Waals surface area contributed by atoms with Crippen LogP contribution in [0, 0.1) is 6.57 Å². The fourth-order valence-corrected chi connectivity index (χ4v) is 12.3. The van der Waals surface area contributed by atoms with Crippen molar-refractivity contribution in [3.05, 3.63) is 193 Å². The molecule has 1 heterocycles. The summed E-state index contributed by atoms with van der Waals surface area (Å²) in [5, 5.41) is 7.53. The summed E-state index contributed by atoms with van der Waals surface area (Å²) in [6.07, 6.45) is 0. The second-order valence-corrected chi connectivity index (χ2v) is 15.4. The van der Waals surface area contributed by atoms with Crippen LogP contribution >= 0.6 is 0 Å². The molecular formula is C43H30N2Si. The number of rotatable bonds is 6. The molecule has 0 amide bonds. The van der Waals surface area contributed by atoms with E-state index < -0.39 is 8.07 Å². The number of fused-ring (bicyclic) bond motifs is 3. The van der Waals surface area contributed by atoms with Gasteiger partial charge in [0.25, 0.3) is 0 Å². The predicted octanol–water partition coefficient (Wildman–Crippen LogP) is 8.38. The molecule has 0 saturated carbocycles. The highest BCUT2D eigenvalue weighted by atomic mass is 28.3. The van der Waals surface area contributed by atoms with Crippen LogP contribution in [0.1, 0.15) is 0 Å². The van der Waals surface area contributed by atoms with Gasteiger partial charge in [0.1, 0.15) is 0 Å². The lowest BCUT2D eigenvalue weighted by Gasteiger charge is -2.36. The van der Waals surface area contributed by atoms with Crippen LogP contribution in [-0.2, 0) is 0 Å². The first-order valence-corrected chi connectivity index (χ1v) is 17.6. The molecule has 0 aliphatic rings. The van der Waals surface area contributed by atoms with Crippen molar-refractivity contribution in [1.29, 1.82) is 0 Å². The normalized spacial score (nSPS) is 11.5. The zero-order valence-corrected chi connectivity index (χ0v) is 26.2. The SMILES string of the molecule is [C-]#[N+]c1cccc([Si](c2ccccc2)(c2ccccc2)c2ccccc2)c1-c1cccc(-n2c3ccccc3c3ccccc32)c1. The maximum Gasteiger partial charge on any atom is 0.194 e. The zero-order valence-electron chi connectivity index (χ0n) is 25.2. The first-order chi connectivity index (χ1) is 22.8. The highest BCUT2D eigenvalue weighted by Gasteiger charge is 2.43. The Bertz CT molecular complexity index is 2220. The minimum atomic E-state index is -2.90. The topological polar surface area (TPSA) is 9.29 Å². The number of benzene rings is 7. The van der Waals surface area contributed by atoms with Crippen molar-refractivity contribution in [2.45, 2.75) is 0 Å².